The van der Waals surface area contributed by atoms with Gasteiger partial charge in [0.1, 0.15) is 17.3 Å². The Morgan fingerprint density at radius 1 is 0.971 bits per heavy atom. The highest BCUT2D eigenvalue weighted by molar-refractivity contribution is 5.81. The minimum Gasteiger partial charge on any atom is -0.392 e. The van der Waals surface area contributed by atoms with Crippen molar-refractivity contribution in [2.75, 3.05) is 5.32 Å². The predicted octanol–water partition coefficient (Wildman–Crippen LogP) is 4.58. The lowest BCUT2D eigenvalue weighted by atomic mass is 10.1. The highest BCUT2D eigenvalue weighted by Crippen LogP contribution is 2.32. The van der Waals surface area contributed by atoms with Crippen LogP contribution in [-0.2, 0) is 13.2 Å². The Hall–Kier alpha value is -4.63. The van der Waals surface area contributed by atoms with Crippen LogP contribution >= 0.6 is 0 Å². The van der Waals surface area contributed by atoms with Crippen LogP contribution in [0.15, 0.2) is 79.1 Å². The first kappa shape index (κ1) is 20.9. The molecule has 0 spiro atoms. The Balaban J connectivity index is 1.39. The summed E-state index contributed by atoms with van der Waals surface area (Å²) in [5.74, 6) is 0.897. The van der Waals surface area contributed by atoms with E-state index in [4.69, 9.17) is 9.97 Å². The Labute approximate surface area is 199 Å². The standard InChI is InChI=1S/C26H20FN7O/c27-18-7-5-17(6-8-18)24-25(34-12-10-16(15-35)13-23(34)33-24)21-9-11-28-26(32-21)29-14-22-30-19-3-1-2-4-20(19)31-22/h1-13,35H,14-15H2,(H,30,31)(H,28,29,32). The fourth-order valence-electron chi connectivity index (χ4n) is 4.07. The summed E-state index contributed by atoms with van der Waals surface area (Å²) < 4.78 is 15.5. The van der Waals surface area contributed by atoms with Crippen molar-refractivity contribution in [3.63, 3.8) is 0 Å². The number of nitrogens with zero attached hydrogens (tertiary/aromatic N) is 5. The van der Waals surface area contributed by atoms with Gasteiger partial charge in [0.05, 0.1) is 41.3 Å². The summed E-state index contributed by atoms with van der Waals surface area (Å²) in [6.07, 6.45) is 3.53. The van der Waals surface area contributed by atoms with Crippen molar-refractivity contribution >= 4 is 22.6 Å². The van der Waals surface area contributed by atoms with Gasteiger partial charge in [0.25, 0.3) is 0 Å². The number of hydrogen-bond donors (Lipinski definition) is 3. The monoisotopic (exact) mass is 465 g/mol. The number of nitrogens with one attached hydrogen (secondary N) is 2. The number of imidazole rings is 2. The molecule has 0 fully saturated rings. The summed E-state index contributed by atoms with van der Waals surface area (Å²) in [5.41, 5.74) is 6.07. The van der Waals surface area contributed by atoms with E-state index in [0.29, 0.717) is 29.5 Å². The second kappa shape index (κ2) is 8.62. The van der Waals surface area contributed by atoms with Gasteiger partial charge in [-0.1, -0.05) is 12.1 Å². The molecule has 3 N–H and O–H groups in total. The lowest BCUT2D eigenvalue weighted by Crippen LogP contribution is -2.05. The Morgan fingerprint density at radius 3 is 2.66 bits per heavy atom. The van der Waals surface area contributed by atoms with Gasteiger partial charge in [-0.3, -0.25) is 4.40 Å². The van der Waals surface area contributed by atoms with Crippen LogP contribution < -0.4 is 5.32 Å². The fraction of sp³-hybridized carbons (Fsp3) is 0.0769. The van der Waals surface area contributed by atoms with Crippen molar-refractivity contribution in [3.05, 3.63) is 96.3 Å². The van der Waals surface area contributed by atoms with Crippen molar-refractivity contribution in [1.29, 1.82) is 0 Å². The second-order valence-electron chi connectivity index (χ2n) is 8.06. The van der Waals surface area contributed by atoms with E-state index in [1.54, 1.807) is 18.3 Å². The van der Waals surface area contributed by atoms with Gasteiger partial charge >= 0.3 is 0 Å². The van der Waals surface area contributed by atoms with Crippen molar-refractivity contribution in [2.45, 2.75) is 13.2 Å². The maximum Gasteiger partial charge on any atom is 0.223 e. The second-order valence-corrected chi connectivity index (χ2v) is 8.06. The maximum absolute atomic E-state index is 13.6. The number of aromatic nitrogens is 6. The first-order valence-corrected chi connectivity index (χ1v) is 11.1. The Bertz CT molecular complexity index is 1620. The summed E-state index contributed by atoms with van der Waals surface area (Å²) in [6, 6.07) is 19.5. The van der Waals surface area contributed by atoms with Gasteiger partial charge in [-0.25, -0.2) is 24.3 Å². The SMILES string of the molecule is OCc1ccn2c(-c3ccnc(NCc4nc5ccccc5[nH]4)n3)c(-c3ccc(F)cc3)nc2c1. The number of hydrogen-bond acceptors (Lipinski definition) is 6. The largest absolute Gasteiger partial charge is 0.392 e. The topological polar surface area (TPSA) is 104 Å². The van der Waals surface area contributed by atoms with Crippen LogP contribution in [0.1, 0.15) is 11.4 Å². The van der Waals surface area contributed by atoms with Crippen molar-refractivity contribution < 1.29 is 9.50 Å². The van der Waals surface area contributed by atoms with Crippen LogP contribution in [0.4, 0.5) is 10.3 Å². The number of halogens is 1. The number of aromatic amines is 1. The van der Waals surface area contributed by atoms with Crippen LogP contribution in [0.2, 0.25) is 0 Å². The minimum absolute atomic E-state index is 0.0893. The third-order valence-corrected chi connectivity index (χ3v) is 5.74. The first-order valence-electron chi connectivity index (χ1n) is 11.1. The smallest absolute Gasteiger partial charge is 0.223 e. The summed E-state index contributed by atoms with van der Waals surface area (Å²) in [6.45, 7) is 0.337. The summed E-state index contributed by atoms with van der Waals surface area (Å²) in [5, 5.41) is 12.8. The Kier molecular flexibility index (Phi) is 5.16. The molecule has 0 amide bonds. The van der Waals surface area contributed by atoms with E-state index >= 15 is 0 Å². The molecule has 172 valence electrons. The molecule has 9 heteroatoms. The zero-order chi connectivity index (χ0) is 23.8. The number of pyridine rings is 1. The highest BCUT2D eigenvalue weighted by Gasteiger charge is 2.18. The van der Waals surface area contributed by atoms with E-state index in [1.165, 1.54) is 12.1 Å². The van der Waals surface area contributed by atoms with Gasteiger partial charge < -0.3 is 15.4 Å². The molecule has 35 heavy (non-hydrogen) atoms. The summed E-state index contributed by atoms with van der Waals surface area (Å²) >= 11 is 0. The minimum atomic E-state index is -0.319. The molecule has 4 heterocycles. The molecule has 6 rings (SSSR count). The molecule has 4 aromatic heterocycles. The molecule has 0 bridgehead atoms. The van der Waals surface area contributed by atoms with Gasteiger partial charge in [-0.05, 0) is 60.2 Å². The van der Waals surface area contributed by atoms with Crippen LogP contribution in [0, 0.1) is 5.82 Å². The number of anilines is 1. The molecule has 0 atom stereocenters. The van der Waals surface area contributed by atoms with E-state index in [2.05, 4.69) is 20.3 Å². The quantitative estimate of drug-likeness (QED) is 0.333. The molecule has 0 saturated heterocycles. The van der Waals surface area contributed by atoms with Gasteiger partial charge in [-0.2, -0.15) is 0 Å². The van der Waals surface area contributed by atoms with E-state index in [0.717, 1.165) is 33.7 Å². The molecule has 2 aromatic carbocycles. The summed E-state index contributed by atoms with van der Waals surface area (Å²) in [4.78, 5) is 21.7. The number of rotatable bonds is 6. The average molecular weight is 465 g/mol. The van der Waals surface area contributed by atoms with Crippen LogP contribution in [0.25, 0.3) is 39.3 Å². The highest BCUT2D eigenvalue weighted by atomic mass is 19.1. The van der Waals surface area contributed by atoms with Gasteiger partial charge in [-0.15, -0.1) is 0 Å². The van der Waals surface area contributed by atoms with Crippen molar-refractivity contribution in [2.24, 2.45) is 0 Å². The van der Waals surface area contributed by atoms with Crippen molar-refractivity contribution in [3.8, 4) is 22.6 Å². The molecule has 0 saturated carbocycles. The zero-order valence-corrected chi connectivity index (χ0v) is 18.5. The number of H-pyrrole nitrogens is 1. The van der Waals surface area contributed by atoms with Crippen LogP contribution in [-0.4, -0.2) is 34.4 Å². The number of aliphatic hydroxyl groups is 1. The lowest BCUT2D eigenvalue weighted by Gasteiger charge is -2.08. The number of aliphatic hydroxyl groups excluding tert-OH is 1. The summed E-state index contributed by atoms with van der Waals surface area (Å²) in [7, 11) is 0. The van der Waals surface area contributed by atoms with Crippen molar-refractivity contribution in [1.82, 2.24) is 29.3 Å². The van der Waals surface area contributed by atoms with Crippen LogP contribution in [0.5, 0.6) is 0 Å². The van der Waals surface area contributed by atoms with E-state index in [1.807, 2.05) is 53.1 Å². The molecule has 0 aliphatic heterocycles. The van der Waals surface area contributed by atoms with Crippen LogP contribution in [0.3, 0.4) is 0 Å². The Morgan fingerprint density at radius 2 is 1.83 bits per heavy atom. The number of para-hydroxylation sites is 2. The molecule has 0 unspecified atom stereocenters. The molecular weight excluding hydrogens is 445 g/mol. The van der Waals surface area contributed by atoms with E-state index < -0.39 is 0 Å². The van der Waals surface area contributed by atoms with Gasteiger partial charge in [0.15, 0.2) is 0 Å². The molecule has 8 nitrogen and oxygen atoms in total. The average Bonchev–Trinajstić information content (AvgIpc) is 3.49. The third kappa shape index (κ3) is 3.98. The maximum atomic E-state index is 13.6. The van der Waals surface area contributed by atoms with Gasteiger partial charge in [0.2, 0.25) is 5.95 Å². The molecule has 0 aliphatic carbocycles. The predicted molar refractivity (Wildman–Crippen MR) is 131 cm³/mol. The normalized spacial score (nSPS) is 11.4. The molecule has 6 aromatic rings. The zero-order valence-electron chi connectivity index (χ0n) is 18.5. The third-order valence-electron chi connectivity index (χ3n) is 5.74. The molecular formula is C26H20FN7O. The molecule has 0 radical (unpaired) electrons. The van der Waals surface area contributed by atoms with E-state index in [-0.39, 0.29) is 12.4 Å². The lowest BCUT2D eigenvalue weighted by molar-refractivity contribution is 0.282. The number of fused-ring (bicyclic) bond motifs is 2. The first-order chi connectivity index (χ1) is 17.2. The molecule has 0 aliphatic rings. The van der Waals surface area contributed by atoms with Gasteiger partial charge in [0, 0.05) is 18.0 Å². The van der Waals surface area contributed by atoms with E-state index in [9.17, 15) is 9.50 Å². The fourth-order valence-corrected chi connectivity index (χ4v) is 4.07. The number of benzene rings is 2.